The Morgan fingerprint density at radius 2 is 1.83 bits per heavy atom. The van der Waals surface area contributed by atoms with E-state index >= 15 is 0 Å². The first-order valence-corrected chi connectivity index (χ1v) is 6.81. The molecule has 5 heteroatoms. The molecule has 0 aromatic heterocycles. The minimum atomic E-state index is -1.05. The van der Waals surface area contributed by atoms with Crippen LogP contribution >= 0.6 is 0 Å². The summed E-state index contributed by atoms with van der Waals surface area (Å²) in [5.74, 6) is -0.676. The Bertz CT molecular complexity index is 320. The van der Waals surface area contributed by atoms with Crippen LogP contribution in [0, 0.1) is 5.92 Å². The first-order chi connectivity index (χ1) is 8.34. The molecule has 0 radical (unpaired) electrons. The van der Waals surface area contributed by atoms with E-state index in [1.807, 2.05) is 0 Å². The van der Waals surface area contributed by atoms with Crippen molar-refractivity contribution in [3.05, 3.63) is 0 Å². The van der Waals surface area contributed by atoms with Gasteiger partial charge in [0.1, 0.15) is 5.54 Å². The van der Waals surface area contributed by atoms with E-state index in [2.05, 4.69) is 30.7 Å². The highest BCUT2D eigenvalue weighted by molar-refractivity contribution is 5.79. The Morgan fingerprint density at radius 3 is 2.22 bits per heavy atom. The van der Waals surface area contributed by atoms with E-state index in [4.69, 9.17) is 5.73 Å². The van der Waals surface area contributed by atoms with Crippen LogP contribution in [0.1, 0.15) is 26.7 Å². The number of carbonyl (C=O) groups is 1. The van der Waals surface area contributed by atoms with E-state index in [0.29, 0.717) is 18.6 Å². The van der Waals surface area contributed by atoms with Gasteiger partial charge in [-0.1, -0.05) is 0 Å². The lowest BCUT2D eigenvalue weighted by Gasteiger charge is -2.44. The van der Waals surface area contributed by atoms with Gasteiger partial charge in [-0.25, -0.2) is 0 Å². The molecule has 104 valence electrons. The van der Waals surface area contributed by atoms with Gasteiger partial charge in [0.05, 0.1) is 0 Å². The first kappa shape index (κ1) is 13.8. The summed E-state index contributed by atoms with van der Waals surface area (Å²) in [5, 5.41) is 9.40. The Hall–Kier alpha value is -0.650. The molecule has 0 bridgehead atoms. The van der Waals surface area contributed by atoms with Gasteiger partial charge in [-0.2, -0.15) is 0 Å². The van der Waals surface area contributed by atoms with Gasteiger partial charge in [0, 0.05) is 31.7 Å². The van der Waals surface area contributed by atoms with Gasteiger partial charge in [-0.15, -0.1) is 0 Å². The van der Waals surface area contributed by atoms with E-state index in [1.165, 1.54) is 0 Å². The molecule has 0 aromatic rings. The predicted molar refractivity (Wildman–Crippen MR) is 70.4 cm³/mol. The maximum atomic E-state index is 11.4. The number of aliphatic carboxylic acids is 1. The van der Waals surface area contributed by atoms with Crippen molar-refractivity contribution in [3.63, 3.8) is 0 Å². The molecule has 2 aliphatic rings. The van der Waals surface area contributed by atoms with Crippen LogP contribution < -0.4 is 5.73 Å². The van der Waals surface area contributed by atoms with E-state index in [-0.39, 0.29) is 5.92 Å². The highest BCUT2D eigenvalue weighted by Gasteiger charge is 2.49. The number of nitrogens with zero attached hydrogens (tertiary/aromatic N) is 2. The van der Waals surface area contributed by atoms with E-state index < -0.39 is 11.5 Å². The van der Waals surface area contributed by atoms with Crippen molar-refractivity contribution >= 4 is 5.97 Å². The molecular formula is C13H25N3O2. The summed E-state index contributed by atoms with van der Waals surface area (Å²) in [4.78, 5) is 16.0. The molecule has 18 heavy (non-hydrogen) atoms. The number of carboxylic acids is 1. The van der Waals surface area contributed by atoms with Crippen LogP contribution in [0.4, 0.5) is 0 Å². The summed E-state index contributed by atoms with van der Waals surface area (Å²) in [6.45, 7) is 6.65. The second-order valence-corrected chi connectivity index (χ2v) is 6.18. The Balaban J connectivity index is 2.02. The van der Waals surface area contributed by atoms with Crippen molar-refractivity contribution in [1.29, 1.82) is 0 Å². The van der Waals surface area contributed by atoms with Crippen LogP contribution in [0.5, 0.6) is 0 Å². The molecule has 0 spiro atoms. The van der Waals surface area contributed by atoms with Crippen LogP contribution in [0.15, 0.2) is 0 Å². The molecule has 1 heterocycles. The third kappa shape index (κ3) is 2.53. The number of hydrogen-bond donors (Lipinski definition) is 2. The van der Waals surface area contributed by atoms with Gasteiger partial charge in [0.2, 0.25) is 0 Å². The molecule has 2 fully saturated rings. The van der Waals surface area contributed by atoms with Gasteiger partial charge < -0.3 is 10.8 Å². The highest BCUT2D eigenvalue weighted by atomic mass is 16.4. The van der Waals surface area contributed by atoms with Crippen molar-refractivity contribution in [2.75, 3.05) is 26.7 Å². The van der Waals surface area contributed by atoms with Crippen LogP contribution in [0.25, 0.3) is 0 Å². The molecule has 3 N–H and O–H groups in total. The Labute approximate surface area is 109 Å². The molecule has 2 rings (SSSR count). The number of hydrogen-bond acceptors (Lipinski definition) is 4. The maximum absolute atomic E-state index is 11.4. The molecule has 1 saturated heterocycles. The van der Waals surface area contributed by atoms with E-state index in [1.54, 1.807) is 0 Å². The third-order valence-electron chi connectivity index (χ3n) is 4.62. The molecule has 0 amide bonds. The molecule has 1 aliphatic heterocycles. The molecule has 5 nitrogen and oxygen atoms in total. The van der Waals surface area contributed by atoms with Gasteiger partial charge in [0.25, 0.3) is 0 Å². The van der Waals surface area contributed by atoms with Crippen LogP contribution in [-0.2, 0) is 4.79 Å². The van der Waals surface area contributed by atoms with Crippen LogP contribution in [-0.4, -0.2) is 65.2 Å². The summed E-state index contributed by atoms with van der Waals surface area (Å²) < 4.78 is 0. The normalized spacial score (nSPS) is 34.2. The topological polar surface area (TPSA) is 69.8 Å². The fourth-order valence-electron chi connectivity index (χ4n) is 2.98. The van der Waals surface area contributed by atoms with Gasteiger partial charge in [0.15, 0.2) is 0 Å². The SMILES string of the molecule is CC1CN(CC(N)(C(=O)O)C2CC2)CC(C)N1C. The summed E-state index contributed by atoms with van der Waals surface area (Å²) in [6, 6.07) is 0.900. The highest BCUT2D eigenvalue weighted by Crippen LogP contribution is 2.39. The fraction of sp³-hybridized carbons (Fsp3) is 0.923. The zero-order chi connectivity index (χ0) is 13.5. The van der Waals surface area contributed by atoms with Crippen molar-refractivity contribution in [1.82, 2.24) is 9.80 Å². The van der Waals surface area contributed by atoms with Crippen molar-refractivity contribution in [2.24, 2.45) is 11.7 Å². The first-order valence-electron chi connectivity index (χ1n) is 6.81. The largest absolute Gasteiger partial charge is 0.480 e. The zero-order valence-corrected chi connectivity index (χ0v) is 11.6. The van der Waals surface area contributed by atoms with E-state index in [9.17, 15) is 9.90 Å². The standard InChI is InChI=1S/C13H25N3O2/c1-9-6-16(7-10(2)15(9)3)8-13(14,12(17)18)11-4-5-11/h9-11H,4-8,14H2,1-3H3,(H,17,18). The second kappa shape index (κ2) is 4.79. The number of carboxylic acid groups (broad SMARTS) is 1. The molecule has 1 saturated carbocycles. The molecule has 0 aromatic carbocycles. The number of piperazine rings is 1. The van der Waals surface area contributed by atoms with E-state index in [0.717, 1.165) is 25.9 Å². The minimum Gasteiger partial charge on any atom is -0.480 e. The van der Waals surface area contributed by atoms with Gasteiger partial charge in [-0.3, -0.25) is 14.6 Å². The average Bonchev–Trinajstić information content (AvgIpc) is 3.09. The number of rotatable bonds is 4. The third-order valence-corrected chi connectivity index (χ3v) is 4.62. The van der Waals surface area contributed by atoms with Gasteiger partial charge >= 0.3 is 5.97 Å². The lowest BCUT2D eigenvalue weighted by molar-refractivity contribution is -0.145. The van der Waals surface area contributed by atoms with Gasteiger partial charge in [-0.05, 0) is 39.7 Å². The number of nitrogens with two attached hydrogens (primary N) is 1. The maximum Gasteiger partial charge on any atom is 0.325 e. The van der Waals surface area contributed by atoms with Crippen LogP contribution in [0.2, 0.25) is 0 Å². The van der Waals surface area contributed by atoms with Crippen molar-refractivity contribution in [3.8, 4) is 0 Å². The summed E-state index contributed by atoms with van der Waals surface area (Å²) in [7, 11) is 2.13. The molecular weight excluding hydrogens is 230 g/mol. The molecule has 1 aliphatic carbocycles. The minimum absolute atomic E-state index is 0.167. The fourth-order valence-corrected chi connectivity index (χ4v) is 2.98. The summed E-state index contributed by atoms with van der Waals surface area (Å²) in [5.41, 5.74) is 5.10. The lowest BCUT2D eigenvalue weighted by atomic mass is 9.93. The molecule has 3 atom stereocenters. The van der Waals surface area contributed by atoms with Crippen molar-refractivity contribution in [2.45, 2.75) is 44.3 Å². The number of likely N-dealkylation sites (N-methyl/N-ethyl adjacent to an activating group) is 1. The quantitative estimate of drug-likeness (QED) is 0.751. The zero-order valence-electron chi connectivity index (χ0n) is 11.6. The molecule has 3 unspecified atom stereocenters. The summed E-state index contributed by atoms with van der Waals surface area (Å²) in [6.07, 6.45) is 1.92. The second-order valence-electron chi connectivity index (χ2n) is 6.18. The monoisotopic (exact) mass is 255 g/mol. The Kier molecular flexibility index (Phi) is 3.67. The lowest BCUT2D eigenvalue weighted by Crippen LogP contribution is -2.63. The van der Waals surface area contributed by atoms with Crippen molar-refractivity contribution < 1.29 is 9.90 Å². The summed E-state index contributed by atoms with van der Waals surface area (Å²) >= 11 is 0. The Morgan fingerprint density at radius 1 is 1.33 bits per heavy atom. The predicted octanol–water partition coefficient (Wildman–Crippen LogP) is 0.203. The van der Waals surface area contributed by atoms with Crippen LogP contribution in [0.3, 0.4) is 0 Å². The smallest absolute Gasteiger partial charge is 0.325 e. The average molecular weight is 255 g/mol.